The van der Waals surface area contributed by atoms with Gasteiger partial charge in [-0.1, -0.05) is 0 Å². The highest BCUT2D eigenvalue weighted by atomic mass is 19.1. The van der Waals surface area contributed by atoms with Crippen molar-refractivity contribution >= 4 is 17.4 Å². The highest BCUT2D eigenvalue weighted by molar-refractivity contribution is 5.99. The number of amides is 1. The van der Waals surface area contributed by atoms with Crippen molar-refractivity contribution in [3.8, 4) is 5.75 Å². The van der Waals surface area contributed by atoms with E-state index in [1.807, 2.05) is 0 Å². The molecular formula is C17H16FN5O3. The third-order valence-corrected chi connectivity index (χ3v) is 4.08. The van der Waals surface area contributed by atoms with Crippen LogP contribution >= 0.6 is 0 Å². The Kier molecular flexibility index (Phi) is 4.13. The number of ether oxygens (including phenoxy) is 1. The summed E-state index contributed by atoms with van der Waals surface area (Å²) >= 11 is 0. The van der Waals surface area contributed by atoms with Crippen LogP contribution in [-0.4, -0.2) is 44.9 Å². The van der Waals surface area contributed by atoms with E-state index in [0.29, 0.717) is 28.3 Å². The summed E-state index contributed by atoms with van der Waals surface area (Å²) in [5, 5.41) is 19.5. The van der Waals surface area contributed by atoms with Crippen LogP contribution in [0.5, 0.6) is 5.75 Å². The van der Waals surface area contributed by atoms with Crippen LogP contribution < -0.4 is 15.4 Å². The van der Waals surface area contributed by atoms with Crippen molar-refractivity contribution in [2.75, 3.05) is 18.5 Å². The minimum Gasteiger partial charge on any atom is -0.486 e. The average Bonchev–Trinajstić information content (AvgIpc) is 3.07. The van der Waals surface area contributed by atoms with Crippen molar-refractivity contribution in [3.63, 3.8) is 0 Å². The lowest BCUT2D eigenvalue weighted by molar-refractivity contribution is 0.0870. The Morgan fingerprint density at radius 1 is 1.35 bits per heavy atom. The maximum Gasteiger partial charge on any atom is 0.256 e. The largest absolute Gasteiger partial charge is 0.486 e. The van der Waals surface area contributed by atoms with E-state index in [1.165, 1.54) is 28.9 Å². The van der Waals surface area contributed by atoms with Gasteiger partial charge in [0.25, 0.3) is 5.91 Å². The molecule has 1 aromatic carbocycles. The summed E-state index contributed by atoms with van der Waals surface area (Å²) in [6, 6.07) is 5.85. The van der Waals surface area contributed by atoms with Crippen molar-refractivity contribution in [3.05, 3.63) is 53.6 Å². The fraction of sp³-hybridized carbons (Fsp3) is 0.235. The quantitative estimate of drug-likeness (QED) is 0.600. The zero-order valence-electron chi connectivity index (χ0n) is 13.6. The summed E-state index contributed by atoms with van der Waals surface area (Å²) in [5.74, 6) is 0.176. The van der Waals surface area contributed by atoms with Crippen LogP contribution in [0.15, 0.2) is 36.7 Å². The van der Waals surface area contributed by atoms with Crippen molar-refractivity contribution in [2.24, 2.45) is 0 Å². The molecule has 9 heteroatoms. The van der Waals surface area contributed by atoms with E-state index in [-0.39, 0.29) is 25.6 Å². The number of nitrogens with zero attached hydrogens (tertiary/aromatic N) is 3. The molecule has 3 heterocycles. The molecule has 4 rings (SSSR count). The molecule has 0 radical (unpaired) electrons. The number of halogens is 1. The zero-order valence-corrected chi connectivity index (χ0v) is 13.6. The van der Waals surface area contributed by atoms with Crippen LogP contribution in [-0.2, 0) is 6.54 Å². The number of carbonyl (C=O) groups excluding carboxylic acids is 1. The van der Waals surface area contributed by atoms with Crippen LogP contribution in [0.4, 0.5) is 10.2 Å². The van der Waals surface area contributed by atoms with Crippen LogP contribution in [0.3, 0.4) is 0 Å². The second kappa shape index (κ2) is 6.60. The fourth-order valence-corrected chi connectivity index (χ4v) is 2.74. The minimum atomic E-state index is -0.675. The lowest BCUT2D eigenvalue weighted by atomic mass is 10.2. The van der Waals surface area contributed by atoms with E-state index in [0.717, 1.165) is 0 Å². The molecule has 0 aliphatic carbocycles. The van der Waals surface area contributed by atoms with Gasteiger partial charge < -0.3 is 20.5 Å². The SMILES string of the molecule is O=C1NCC(CO)Oc2ccc(F)cc2CNc2ccn3ncc1c3n2. The van der Waals surface area contributed by atoms with E-state index in [2.05, 4.69) is 20.7 Å². The molecule has 26 heavy (non-hydrogen) atoms. The zero-order chi connectivity index (χ0) is 18.1. The number of benzene rings is 1. The minimum absolute atomic E-state index is 0.0800. The number of rotatable bonds is 1. The van der Waals surface area contributed by atoms with Gasteiger partial charge in [0.2, 0.25) is 0 Å². The van der Waals surface area contributed by atoms with E-state index in [4.69, 9.17) is 4.74 Å². The van der Waals surface area contributed by atoms with Gasteiger partial charge in [0.1, 0.15) is 29.1 Å². The molecule has 0 fully saturated rings. The molecule has 0 spiro atoms. The number of fused-ring (bicyclic) bond motifs is 2. The van der Waals surface area contributed by atoms with E-state index >= 15 is 0 Å². The van der Waals surface area contributed by atoms with Gasteiger partial charge in [0.15, 0.2) is 5.65 Å². The molecule has 1 amide bonds. The van der Waals surface area contributed by atoms with Crippen molar-refractivity contribution in [2.45, 2.75) is 12.6 Å². The number of anilines is 1. The van der Waals surface area contributed by atoms with Gasteiger partial charge in [-0.25, -0.2) is 13.9 Å². The van der Waals surface area contributed by atoms with Crippen LogP contribution in [0.25, 0.3) is 5.65 Å². The monoisotopic (exact) mass is 357 g/mol. The highest BCUT2D eigenvalue weighted by Crippen LogP contribution is 2.23. The number of hydrogen-bond donors (Lipinski definition) is 3. The summed E-state index contributed by atoms with van der Waals surface area (Å²) in [4.78, 5) is 16.8. The summed E-state index contributed by atoms with van der Waals surface area (Å²) in [6.45, 7) is 0.0375. The molecular weight excluding hydrogens is 341 g/mol. The topological polar surface area (TPSA) is 101 Å². The van der Waals surface area contributed by atoms with Crippen LogP contribution in [0.2, 0.25) is 0 Å². The first kappa shape index (κ1) is 16.3. The Morgan fingerprint density at radius 3 is 3.08 bits per heavy atom. The number of aliphatic hydroxyl groups excluding tert-OH is 1. The molecule has 134 valence electrons. The van der Waals surface area contributed by atoms with Gasteiger partial charge >= 0.3 is 0 Å². The van der Waals surface area contributed by atoms with Gasteiger partial charge in [-0.15, -0.1) is 0 Å². The molecule has 3 aromatic rings. The third-order valence-electron chi connectivity index (χ3n) is 4.08. The molecule has 0 saturated heterocycles. The summed E-state index contributed by atoms with van der Waals surface area (Å²) in [6.07, 6.45) is 2.44. The average molecular weight is 357 g/mol. The standard InChI is InChI=1S/C17H16FN5O3/c18-11-1-2-14-10(5-11)6-19-15-3-4-23-16(22-15)13(8-21-23)17(25)20-7-12(9-24)26-14/h1-5,8,12,24H,6-7,9H2,(H,19,22)(H,20,25). The smallest absolute Gasteiger partial charge is 0.256 e. The Labute approximate surface area is 147 Å². The molecule has 1 aliphatic rings. The Hall–Kier alpha value is -3.20. The molecule has 2 bridgehead atoms. The molecule has 1 atom stereocenters. The Balaban J connectivity index is 1.77. The predicted octanol–water partition coefficient (Wildman–Crippen LogP) is 0.964. The van der Waals surface area contributed by atoms with Crippen molar-refractivity contribution in [1.29, 1.82) is 0 Å². The summed E-state index contributed by atoms with van der Waals surface area (Å²) in [7, 11) is 0. The molecule has 8 nitrogen and oxygen atoms in total. The summed E-state index contributed by atoms with van der Waals surface area (Å²) < 4.78 is 20.9. The van der Waals surface area contributed by atoms with Crippen molar-refractivity contribution < 1.29 is 19.0 Å². The molecule has 1 unspecified atom stereocenters. The molecule has 0 saturated carbocycles. The number of aliphatic hydroxyl groups is 1. The first-order chi connectivity index (χ1) is 12.6. The molecule has 1 aliphatic heterocycles. The maximum atomic E-state index is 13.6. The van der Waals surface area contributed by atoms with Gasteiger partial charge in [-0.05, 0) is 24.3 Å². The van der Waals surface area contributed by atoms with Crippen molar-refractivity contribution in [1.82, 2.24) is 19.9 Å². The second-order valence-electron chi connectivity index (χ2n) is 5.88. The first-order valence-electron chi connectivity index (χ1n) is 8.06. The second-order valence-corrected chi connectivity index (χ2v) is 5.88. The Morgan fingerprint density at radius 2 is 2.23 bits per heavy atom. The number of hydrogen-bond acceptors (Lipinski definition) is 6. The highest BCUT2D eigenvalue weighted by Gasteiger charge is 2.19. The van der Waals surface area contributed by atoms with Gasteiger partial charge in [0.05, 0.1) is 19.3 Å². The number of nitrogens with one attached hydrogen (secondary N) is 2. The maximum absolute atomic E-state index is 13.6. The van der Waals surface area contributed by atoms with Gasteiger partial charge in [-0.2, -0.15) is 5.10 Å². The fourth-order valence-electron chi connectivity index (χ4n) is 2.74. The summed E-state index contributed by atoms with van der Waals surface area (Å²) in [5.41, 5.74) is 1.28. The Bertz CT molecular complexity index is 974. The van der Waals surface area contributed by atoms with Crippen LogP contribution in [0.1, 0.15) is 15.9 Å². The van der Waals surface area contributed by atoms with Gasteiger partial charge in [0, 0.05) is 18.3 Å². The lowest BCUT2D eigenvalue weighted by Gasteiger charge is -2.19. The number of aromatic nitrogens is 3. The first-order valence-corrected chi connectivity index (χ1v) is 8.06. The van der Waals surface area contributed by atoms with Crippen LogP contribution in [0, 0.1) is 5.82 Å². The molecule has 2 aromatic heterocycles. The van der Waals surface area contributed by atoms with E-state index in [1.54, 1.807) is 12.3 Å². The predicted molar refractivity (Wildman–Crippen MR) is 90.5 cm³/mol. The van der Waals surface area contributed by atoms with E-state index in [9.17, 15) is 14.3 Å². The number of carbonyl (C=O) groups is 1. The lowest BCUT2D eigenvalue weighted by Crippen LogP contribution is -2.37. The molecule has 3 N–H and O–H groups in total. The third kappa shape index (κ3) is 3.04. The van der Waals surface area contributed by atoms with Gasteiger partial charge in [-0.3, -0.25) is 4.79 Å². The van der Waals surface area contributed by atoms with E-state index < -0.39 is 11.9 Å². The normalized spacial score (nSPS) is 17.3.